The third-order valence-corrected chi connectivity index (χ3v) is 4.44. The standard InChI is InChI=1S/C21H23N3O4/c1-4-28-13-15-11-14(9-10-19(15)27-3)20(25)22-23-21(26)17-12-24(2)18-8-6-5-7-16(17)18/h5-12H,4,13H2,1-3H3,(H,22,25)(H,23,26). The van der Waals surface area contributed by atoms with Crippen LogP contribution in [0.1, 0.15) is 33.2 Å². The Hall–Kier alpha value is -3.32. The summed E-state index contributed by atoms with van der Waals surface area (Å²) in [6.45, 7) is 2.79. The van der Waals surface area contributed by atoms with Gasteiger partial charge in [0.05, 0.1) is 19.3 Å². The van der Waals surface area contributed by atoms with Crippen LogP contribution in [0.5, 0.6) is 5.75 Å². The van der Waals surface area contributed by atoms with Crippen LogP contribution in [0.3, 0.4) is 0 Å². The van der Waals surface area contributed by atoms with Gasteiger partial charge in [-0.1, -0.05) is 18.2 Å². The molecule has 28 heavy (non-hydrogen) atoms. The Labute approximate surface area is 163 Å². The van der Waals surface area contributed by atoms with Crippen LogP contribution in [-0.2, 0) is 18.4 Å². The molecule has 2 N–H and O–H groups in total. The normalized spacial score (nSPS) is 10.7. The number of amides is 2. The molecule has 0 saturated carbocycles. The number of aromatic nitrogens is 1. The van der Waals surface area contributed by atoms with Gasteiger partial charge in [0, 0.05) is 41.9 Å². The van der Waals surface area contributed by atoms with Crippen LogP contribution in [0.25, 0.3) is 10.9 Å². The third-order valence-electron chi connectivity index (χ3n) is 4.44. The van der Waals surface area contributed by atoms with Crippen LogP contribution in [0, 0.1) is 0 Å². The molecule has 2 amide bonds. The molecule has 0 saturated heterocycles. The lowest BCUT2D eigenvalue weighted by Crippen LogP contribution is -2.41. The average molecular weight is 381 g/mol. The molecule has 0 radical (unpaired) electrons. The number of hydrazine groups is 1. The minimum atomic E-state index is -0.422. The highest BCUT2D eigenvalue weighted by molar-refractivity contribution is 6.08. The van der Waals surface area contributed by atoms with Gasteiger partial charge in [0.15, 0.2) is 0 Å². The zero-order valence-electron chi connectivity index (χ0n) is 16.1. The number of nitrogens with one attached hydrogen (secondary N) is 2. The number of carbonyl (C=O) groups is 2. The molecule has 2 aromatic carbocycles. The van der Waals surface area contributed by atoms with E-state index in [1.807, 2.05) is 42.8 Å². The van der Waals surface area contributed by atoms with Crippen LogP contribution >= 0.6 is 0 Å². The lowest BCUT2D eigenvalue weighted by Gasteiger charge is -2.11. The summed E-state index contributed by atoms with van der Waals surface area (Å²) in [7, 11) is 3.43. The number of para-hydroxylation sites is 1. The number of ether oxygens (including phenoxy) is 2. The number of methoxy groups -OCH3 is 1. The second-order valence-electron chi connectivity index (χ2n) is 6.24. The minimum absolute atomic E-state index is 0.336. The van der Waals surface area contributed by atoms with Crippen molar-refractivity contribution in [1.29, 1.82) is 0 Å². The van der Waals surface area contributed by atoms with E-state index in [-0.39, 0.29) is 5.91 Å². The Kier molecular flexibility index (Phi) is 5.96. The first-order valence-corrected chi connectivity index (χ1v) is 8.94. The van der Waals surface area contributed by atoms with Gasteiger partial charge in [-0.3, -0.25) is 20.4 Å². The van der Waals surface area contributed by atoms with E-state index in [2.05, 4.69) is 10.9 Å². The van der Waals surface area contributed by atoms with Gasteiger partial charge in [0.2, 0.25) is 0 Å². The van der Waals surface area contributed by atoms with Crippen LogP contribution in [0.2, 0.25) is 0 Å². The first-order valence-electron chi connectivity index (χ1n) is 8.94. The fourth-order valence-corrected chi connectivity index (χ4v) is 3.02. The minimum Gasteiger partial charge on any atom is -0.496 e. The highest BCUT2D eigenvalue weighted by Crippen LogP contribution is 2.21. The molecule has 0 spiro atoms. The van der Waals surface area contributed by atoms with Crippen LogP contribution in [0.15, 0.2) is 48.7 Å². The maximum absolute atomic E-state index is 12.5. The fourth-order valence-electron chi connectivity index (χ4n) is 3.02. The molecule has 3 aromatic rings. The summed E-state index contributed by atoms with van der Waals surface area (Å²) in [6, 6.07) is 12.6. The van der Waals surface area contributed by atoms with Crippen molar-refractivity contribution in [1.82, 2.24) is 15.4 Å². The fraction of sp³-hybridized carbons (Fsp3) is 0.238. The van der Waals surface area contributed by atoms with Crippen molar-refractivity contribution in [2.24, 2.45) is 7.05 Å². The number of hydrogen-bond acceptors (Lipinski definition) is 4. The summed E-state index contributed by atoms with van der Waals surface area (Å²) in [5.74, 6) is -0.160. The van der Waals surface area contributed by atoms with Gasteiger partial charge in [-0.25, -0.2) is 0 Å². The number of carbonyl (C=O) groups excluding carboxylic acids is 2. The quantitative estimate of drug-likeness (QED) is 0.644. The van der Waals surface area contributed by atoms with Gasteiger partial charge in [0.1, 0.15) is 5.75 Å². The van der Waals surface area contributed by atoms with Gasteiger partial charge < -0.3 is 14.0 Å². The van der Waals surface area contributed by atoms with E-state index in [0.717, 1.165) is 16.5 Å². The van der Waals surface area contributed by atoms with E-state index in [0.29, 0.717) is 30.1 Å². The number of fused-ring (bicyclic) bond motifs is 1. The summed E-state index contributed by atoms with van der Waals surface area (Å²) >= 11 is 0. The maximum atomic E-state index is 12.5. The first kappa shape index (κ1) is 19.4. The number of aryl methyl sites for hydroxylation is 1. The Balaban J connectivity index is 1.72. The Morgan fingerprint density at radius 3 is 2.57 bits per heavy atom. The average Bonchev–Trinajstić information content (AvgIpc) is 3.07. The van der Waals surface area contributed by atoms with Crippen molar-refractivity contribution in [2.45, 2.75) is 13.5 Å². The van der Waals surface area contributed by atoms with Gasteiger partial charge >= 0.3 is 0 Å². The number of hydrogen-bond donors (Lipinski definition) is 2. The molecule has 7 nitrogen and oxygen atoms in total. The van der Waals surface area contributed by atoms with Crippen LogP contribution in [0.4, 0.5) is 0 Å². The summed E-state index contributed by atoms with van der Waals surface area (Å²) < 4.78 is 12.6. The van der Waals surface area contributed by atoms with E-state index in [4.69, 9.17) is 9.47 Å². The number of nitrogens with zero attached hydrogens (tertiary/aromatic N) is 1. The van der Waals surface area contributed by atoms with Gasteiger partial charge in [-0.15, -0.1) is 0 Å². The second kappa shape index (κ2) is 8.58. The van der Waals surface area contributed by atoms with Crippen molar-refractivity contribution in [3.8, 4) is 5.75 Å². The molecule has 1 aromatic heterocycles. The largest absolute Gasteiger partial charge is 0.496 e. The second-order valence-corrected chi connectivity index (χ2v) is 6.24. The van der Waals surface area contributed by atoms with Crippen molar-refractivity contribution >= 4 is 22.7 Å². The predicted octanol–water partition coefficient (Wildman–Crippen LogP) is 2.80. The monoisotopic (exact) mass is 381 g/mol. The van der Waals surface area contributed by atoms with E-state index in [1.54, 1.807) is 31.5 Å². The lowest BCUT2D eigenvalue weighted by molar-refractivity contribution is 0.0847. The van der Waals surface area contributed by atoms with Crippen molar-refractivity contribution in [2.75, 3.05) is 13.7 Å². The lowest BCUT2D eigenvalue weighted by atomic mass is 10.1. The summed E-state index contributed by atoms with van der Waals surface area (Å²) in [4.78, 5) is 25.0. The summed E-state index contributed by atoms with van der Waals surface area (Å²) in [5, 5.41) is 0.820. The molecular weight excluding hydrogens is 358 g/mol. The summed E-state index contributed by atoms with van der Waals surface area (Å²) in [6.07, 6.45) is 1.74. The van der Waals surface area contributed by atoms with Gasteiger partial charge in [-0.05, 0) is 31.2 Å². The van der Waals surface area contributed by atoms with Crippen molar-refractivity contribution in [3.63, 3.8) is 0 Å². The highest BCUT2D eigenvalue weighted by atomic mass is 16.5. The molecule has 3 rings (SSSR count). The van der Waals surface area contributed by atoms with E-state index < -0.39 is 5.91 Å². The highest BCUT2D eigenvalue weighted by Gasteiger charge is 2.15. The molecule has 0 bridgehead atoms. The molecule has 0 fully saturated rings. The predicted molar refractivity (Wildman–Crippen MR) is 106 cm³/mol. The van der Waals surface area contributed by atoms with Crippen LogP contribution in [-0.4, -0.2) is 30.1 Å². The molecular formula is C21H23N3O4. The number of benzene rings is 2. The topological polar surface area (TPSA) is 81.6 Å². The van der Waals surface area contributed by atoms with Crippen molar-refractivity contribution in [3.05, 3.63) is 65.4 Å². The molecule has 146 valence electrons. The molecule has 0 aliphatic heterocycles. The molecule has 0 atom stereocenters. The summed E-state index contributed by atoms with van der Waals surface area (Å²) in [5.41, 5.74) is 7.53. The Bertz CT molecular complexity index is 1010. The zero-order chi connectivity index (χ0) is 20.1. The SMILES string of the molecule is CCOCc1cc(C(=O)NNC(=O)c2cn(C)c3ccccc23)ccc1OC. The van der Waals surface area contributed by atoms with Gasteiger partial charge in [0.25, 0.3) is 11.8 Å². The molecule has 1 heterocycles. The Morgan fingerprint density at radius 2 is 1.82 bits per heavy atom. The molecule has 0 aliphatic carbocycles. The number of rotatable bonds is 6. The van der Waals surface area contributed by atoms with E-state index in [1.165, 1.54) is 0 Å². The van der Waals surface area contributed by atoms with E-state index >= 15 is 0 Å². The first-order chi connectivity index (χ1) is 13.5. The van der Waals surface area contributed by atoms with Gasteiger partial charge in [-0.2, -0.15) is 0 Å². The third kappa shape index (κ3) is 3.99. The molecule has 0 aliphatic rings. The maximum Gasteiger partial charge on any atom is 0.271 e. The van der Waals surface area contributed by atoms with Crippen LogP contribution < -0.4 is 15.6 Å². The zero-order valence-corrected chi connectivity index (χ0v) is 16.1. The van der Waals surface area contributed by atoms with Crippen molar-refractivity contribution < 1.29 is 19.1 Å². The smallest absolute Gasteiger partial charge is 0.271 e. The van der Waals surface area contributed by atoms with E-state index in [9.17, 15) is 9.59 Å². The Morgan fingerprint density at radius 1 is 1.07 bits per heavy atom. The molecule has 7 heteroatoms. The molecule has 0 unspecified atom stereocenters.